The zero-order chi connectivity index (χ0) is 14.7. The number of nitrogens with zero attached hydrogens (tertiary/aromatic N) is 1. The minimum Gasteiger partial charge on any atom is -0.497 e. The van der Waals surface area contributed by atoms with Gasteiger partial charge in [-0.05, 0) is 26.0 Å². The molecule has 0 aliphatic carbocycles. The summed E-state index contributed by atoms with van der Waals surface area (Å²) in [6.07, 6.45) is 0.0234. The number of anilines is 1. The molecule has 1 saturated heterocycles. The number of morpholine rings is 1. The van der Waals surface area contributed by atoms with Gasteiger partial charge in [-0.2, -0.15) is 0 Å². The maximum Gasteiger partial charge on any atom is 0.322 e. The second kappa shape index (κ2) is 6.33. The van der Waals surface area contributed by atoms with Crippen LogP contribution in [0.15, 0.2) is 18.2 Å². The molecule has 2 amide bonds. The van der Waals surface area contributed by atoms with Crippen molar-refractivity contribution in [3.63, 3.8) is 0 Å². The number of amides is 2. The predicted molar refractivity (Wildman–Crippen MR) is 78.6 cm³/mol. The van der Waals surface area contributed by atoms with Crippen LogP contribution in [-0.2, 0) is 4.74 Å². The average Bonchev–Trinajstić information content (AvgIpc) is 2.44. The summed E-state index contributed by atoms with van der Waals surface area (Å²) in [5.41, 5.74) is 0.544. The van der Waals surface area contributed by atoms with E-state index in [1.54, 1.807) is 30.2 Å². The molecule has 0 bridgehead atoms. The van der Waals surface area contributed by atoms with Crippen molar-refractivity contribution in [2.75, 3.05) is 25.6 Å². The molecule has 1 aromatic rings. The van der Waals surface area contributed by atoms with Gasteiger partial charge in [0.2, 0.25) is 0 Å². The van der Waals surface area contributed by atoms with Gasteiger partial charge in [0.1, 0.15) is 5.75 Å². The minimum absolute atomic E-state index is 0.0214. The number of methoxy groups -OCH3 is 1. The highest BCUT2D eigenvalue weighted by Gasteiger charge is 2.29. The van der Waals surface area contributed by atoms with Gasteiger partial charge in [-0.3, -0.25) is 0 Å². The van der Waals surface area contributed by atoms with Crippen LogP contribution in [0.5, 0.6) is 5.75 Å². The van der Waals surface area contributed by atoms with Crippen molar-refractivity contribution < 1.29 is 14.3 Å². The number of hydrogen-bond donors (Lipinski definition) is 1. The molecular weight excluding hydrogens is 280 g/mol. The predicted octanol–water partition coefficient (Wildman–Crippen LogP) is 2.99. The smallest absolute Gasteiger partial charge is 0.322 e. The molecule has 1 fully saturated rings. The van der Waals surface area contributed by atoms with E-state index in [1.807, 2.05) is 13.8 Å². The van der Waals surface area contributed by atoms with Crippen molar-refractivity contribution in [3.8, 4) is 5.75 Å². The third-order valence-corrected chi connectivity index (χ3v) is 3.89. The number of urea groups is 1. The number of hydrogen-bond acceptors (Lipinski definition) is 3. The van der Waals surface area contributed by atoms with Gasteiger partial charge in [-0.25, -0.2) is 4.79 Å². The van der Waals surface area contributed by atoms with E-state index in [9.17, 15) is 4.79 Å². The molecule has 1 aliphatic rings. The topological polar surface area (TPSA) is 50.8 Å². The number of carbonyl (C=O) groups is 1. The van der Waals surface area contributed by atoms with Crippen LogP contribution in [0.25, 0.3) is 0 Å². The molecular formula is C14H19ClN2O3. The molecule has 1 N–H and O–H groups in total. The maximum atomic E-state index is 12.3. The largest absolute Gasteiger partial charge is 0.497 e. The molecule has 0 radical (unpaired) electrons. The Balaban J connectivity index is 2.11. The molecule has 2 rings (SSSR count). The van der Waals surface area contributed by atoms with Gasteiger partial charge in [-0.1, -0.05) is 11.6 Å². The fourth-order valence-electron chi connectivity index (χ4n) is 2.13. The van der Waals surface area contributed by atoms with Crippen LogP contribution in [-0.4, -0.2) is 43.3 Å². The first-order valence-corrected chi connectivity index (χ1v) is 6.93. The van der Waals surface area contributed by atoms with Crippen LogP contribution in [0.3, 0.4) is 0 Å². The highest BCUT2D eigenvalue weighted by atomic mass is 35.5. The first-order valence-electron chi connectivity index (χ1n) is 6.55. The molecule has 0 saturated carbocycles. The summed E-state index contributed by atoms with van der Waals surface area (Å²) in [5.74, 6) is 0.646. The van der Waals surface area contributed by atoms with Gasteiger partial charge < -0.3 is 19.7 Å². The van der Waals surface area contributed by atoms with E-state index in [2.05, 4.69) is 5.32 Å². The molecule has 2 unspecified atom stereocenters. The SMILES string of the molecule is COc1ccc(Cl)c(NC(=O)N2CCOC(C)C2C)c1. The van der Waals surface area contributed by atoms with E-state index >= 15 is 0 Å². The van der Waals surface area contributed by atoms with E-state index in [4.69, 9.17) is 21.1 Å². The monoisotopic (exact) mass is 298 g/mol. The lowest BCUT2D eigenvalue weighted by Crippen LogP contribution is -2.52. The lowest BCUT2D eigenvalue weighted by atomic mass is 10.1. The Morgan fingerprint density at radius 2 is 2.25 bits per heavy atom. The van der Waals surface area contributed by atoms with Gasteiger partial charge in [0.25, 0.3) is 0 Å². The van der Waals surface area contributed by atoms with Crippen molar-refractivity contribution in [3.05, 3.63) is 23.2 Å². The summed E-state index contributed by atoms with van der Waals surface area (Å²) < 4.78 is 10.6. The standard InChI is InChI=1S/C14H19ClN2O3/c1-9-10(2)20-7-6-17(9)14(18)16-13-8-11(19-3)4-5-12(13)15/h4-5,8-10H,6-7H2,1-3H3,(H,16,18). The van der Waals surface area contributed by atoms with Crippen LogP contribution in [0, 0.1) is 0 Å². The third-order valence-electron chi connectivity index (χ3n) is 3.56. The zero-order valence-electron chi connectivity index (χ0n) is 11.9. The van der Waals surface area contributed by atoms with Gasteiger partial charge >= 0.3 is 6.03 Å². The van der Waals surface area contributed by atoms with Crippen LogP contribution < -0.4 is 10.1 Å². The summed E-state index contributed by atoms with van der Waals surface area (Å²) >= 11 is 6.09. The van der Waals surface area contributed by atoms with E-state index < -0.39 is 0 Å². The number of nitrogens with one attached hydrogen (secondary N) is 1. The van der Waals surface area contributed by atoms with E-state index in [1.165, 1.54) is 0 Å². The molecule has 1 heterocycles. The van der Waals surface area contributed by atoms with Crippen LogP contribution in [0.1, 0.15) is 13.8 Å². The van der Waals surface area contributed by atoms with Crippen LogP contribution in [0.4, 0.5) is 10.5 Å². The number of carbonyl (C=O) groups excluding carboxylic acids is 1. The van der Waals surface area contributed by atoms with Crippen molar-refractivity contribution in [1.29, 1.82) is 0 Å². The quantitative estimate of drug-likeness (QED) is 0.913. The van der Waals surface area contributed by atoms with Crippen molar-refractivity contribution in [1.82, 2.24) is 4.90 Å². The Labute approximate surface area is 123 Å². The van der Waals surface area contributed by atoms with Crippen molar-refractivity contribution in [2.45, 2.75) is 26.0 Å². The minimum atomic E-state index is -0.178. The molecule has 6 heteroatoms. The maximum absolute atomic E-state index is 12.3. The second-order valence-corrected chi connectivity index (χ2v) is 5.19. The average molecular weight is 299 g/mol. The van der Waals surface area contributed by atoms with E-state index in [-0.39, 0.29) is 18.2 Å². The molecule has 1 aromatic carbocycles. The zero-order valence-corrected chi connectivity index (χ0v) is 12.6. The van der Waals surface area contributed by atoms with E-state index in [0.717, 1.165) is 0 Å². The molecule has 2 atom stereocenters. The first-order chi connectivity index (χ1) is 9.52. The summed E-state index contributed by atoms with van der Waals surface area (Å²) in [4.78, 5) is 14.1. The molecule has 110 valence electrons. The Morgan fingerprint density at radius 3 is 2.95 bits per heavy atom. The van der Waals surface area contributed by atoms with Gasteiger partial charge in [0.05, 0.1) is 36.6 Å². The van der Waals surface area contributed by atoms with Crippen molar-refractivity contribution >= 4 is 23.3 Å². The van der Waals surface area contributed by atoms with Crippen molar-refractivity contribution in [2.24, 2.45) is 0 Å². The second-order valence-electron chi connectivity index (χ2n) is 4.79. The van der Waals surface area contributed by atoms with Gasteiger partial charge in [0.15, 0.2) is 0 Å². The fourth-order valence-corrected chi connectivity index (χ4v) is 2.30. The Morgan fingerprint density at radius 1 is 1.50 bits per heavy atom. The summed E-state index contributed by atoms with van der Waals surface area (Å²) in [5, 5.41) is 3.30. The highest BCUT2D eigenvalue weighted by Crippen LogP contribution is 2.27. The molecule has 1 aliphatic heterocycles. The Kier molecular flexibility index (Phi) is 4.73. The highest BCUT2D eigenvalue weighted by molar-refractivity contribution is 6.33. The lowest BCUT2D eigenvalue weighted by molar-refractivity contribution is -0.0355. The Hall–Kier alpha value is -1.46. The van der Waals surface area contributed by atoms with E-state index in [0.29, 0.717) is 29.6 Å². The molecule has 5 nitrogen and oxygen atoms in total. The summed E-state index contributed by atoms with van der Waals surface area (Å²) in [6.45, 7) is 5.04. The fraction of sp³-hybridized carbons (Fsp3) is 0.500. The molecule has 0 aromatic heterocycles. The molecule has 0 spiro atoms. The lowest BCUT2D eigenvalue weighted by Gasteiger charge is -2.37. The van der Waals surface area contributed by atoms with Crippen LogP contribution in [0.2, 0.25) is 5.02 Å². The molecule has 20 heavy (non-hydrogen) atoms. The summed E-state index contributed by atoms with van der Waals surface area (Å²) in [6, 6.07) is 4.99. The summed E-state index contributed by atoms with van der Waals surface area (Å²) in [7, 11) is 1.57. The number of rotatable bonds is 2. The Bertz CT molecular complexity index is 495. The van der Waals surface area contributed by atoms with Crippen LogP contribution >= 0.6 is 11.6 Å². The number of ether oxygens (including phenoxy) is 2. The first kappa shape index (κ1) is 14.9. The third kappa shape index (κ3) is 3.16. The number of benzene rings is 1. The van der Waals surface area contributed by atoms with Gasteiger partial charge in [-0.15, -0.1) is 0 Å². The van der Waals surface area contributed by atoms with Gasteiger partial charge in [0, 0.05) is 12.6 Å². The number of halogens is 1. The normalized spacial score (nSPS) is 22.5.